The normalized spacial score (nSPS) is 26.6. The third-order valence-corrected chi connectivity index (χ3v) is 4.27. The number of carbonyl (C=O) groups is 1. The van der Waals surface area contributed by atoms with E-state index in [-0.39, 0.29) is 12.2 Å². The molecule has 1 aliphatic carbocycles. The van der Waals surface area contributed by atoms with Crippen LogP contribution in [0, 0.1) is 5.92 Å². The van der Waals surface area contributed by atoms with Crippen molar-refractivity contribution in [2.45, 2.75) is 50.8 Å². The summed E-state index contributed by atoms with van der Waals surface area (Å²) < 4.78 is 37.4. The average Bonchev–Trinajstić information content (AvgIpc) is 2.42. The van der Waals surface area contributed by atoms with Crippen LogP contribution in [-0.2, 0) is 17.4 Å². The maximum Gasteiger partial charge on any atom is 0.416 e. The Morgan fingerprint density at radius 3 is 2.24 bits per heavy atom. The van der Waals surface area contributed by atoms with Crippen molar-refractivity contribution in [3.63, 3.8) is 0 Å². The molecule has 2 nitrogen and oxygen atoms in total. The van der Waals surface area contributed by atoms with Gasteiger partial charge in [0.25, 0.3) is 0 Å². The van der Waals surface area contributed by atoms with Crippen LogP contribution in [0.5, 0.6) is 0 Å². The molecule has 0 bridgehead atoms. The summed E-state index contributed by atoms with van der Waals surface area (Å²) in [5.74, 6) is 0.207. The minimum Gasteiger partial charge on any atom is -0.382 e. The van der Waals surface area contributed by atoms with Crippen molar-refractivity contribution in [2.75, 3.05) is 0 Å². The number of hydrogen-bond acceptors (Lipinski definition) is 2. The SMILES string of the molecule is CC1CCC(O)(C(=O)Cc2ccc(C(F)(F)F)cc2)CC1. The monoisotopic (exact) mass is 300 g/mol. The zero-order valence-electron chi connectivity index (χ0n) is 11.9. The van der Waals surface area contributed by atoms with Crippen LogP contribution in [0.1, 0.15) is 43.7 Å². The fourth-order valence-electron chi connectivity index (χ4n) is 2.68. The lowest BCUT2D eigenvalue weighted by Gasteiger charge is -2.33. The van der Waals surface area contributed by atoms with Gasteiger partial charge in [0.2, 0.25) is 0 Å². The molecule has 0 aliphatic heterocycles. The first-order chi connectivity index (χ1) is 9.71. The van der Waals surface area contributed by atoms with Gasteiger partial charge in [0.05, 0.1) is 5.56 Å². The molecule has 0 aromatic heterocycles. The molecule has 2 rings (SSSR count). The van der Waals surface area contributed by atoms with Crippen LogP contribution in [0.2, 0.25) is 0 Å². The highest BCUT2D eigenvalue weighted by atomic mass is 19.4. The van der Waals surface area contributed by atoms with E-state index in [9.17, 15) is 23.1 Å². The third kappa shape index (κ3) is 3.84. The van der Waals surface area contributed by atoms with Crippen LogP contribution >= 0.6 is 0 Å². The largest absolute Gasteiger partial charge is 0.416 e. The number of hydrogen-bond donors (Lipinski definition) is 1. The van der Waals surface area contributed by atoms with E-state index in [0.29, 0.717) is 24.3 Å². The summed E-state index contributed by atoms with van der Waals surface area (Å²) in [4.78, 5) is 12.2. The van der Waals surface area contributed by atoms with Gasteiger partial charge in [-0.1, -0.05) is 19.1 Å². The molecule has 1 aliphatic rings. The Morgan fingerprint density at radius 1 is 1.24 bits per heavy atom. The lowest BCUT2D eigenvalue weighted by Crippen LogP contribution is -2.42. The van der Waals surface area contributed by atoms with Gasteiger partial charge in [0, 0.05) is 6.42 Å². The van der Waals surface area contributed by atoms with Gasteiger partial charge in [-0.15, -0.1) is 0 Å². The highest BCUT2D eigenvalue weighted by Crippen LogP contribution is 2.33. The van der Waals surface area contributed by atoms with E-state index >= 15 is 0 Å². The predicted molar refractivity (Wildman–Crippen MR) is 72.7 cm³/mol. The second-order valence-electron chi connectivity index (χ2n) is 6.01. The van der Waals surface area contributed by atoms with Crippen LogP contribution in [0.25, 0.3) is 0 Å². The van der Waals surface area contributed by atoms with E-state index in [0.717, 1.165) is 25.0 Å². The first kappa shape index (κ1) is 16.0. The Hall–Kier alpha value is -1.36. The van der Waals surface area contributed by atoms with Crippen LogP contribution in [0.3, 0.4) is 0 Å². The first-order valence-electron chi connectivity index (χ1n) is 7.12. The van der Waals surface area contributed by atoms with E-state index in [1.807, 2.05) is 0 Å². The van der Waals surface area contributed by atoms with Crippen molar-refractivity contribution in [3.05, 3.63) is 35.4 Å². The maximum absolute atomic E-state index is 12.5. The molecular weight excluding hydrogens is 281 g/mol. The Labute approximate surface area is 122 Å². The van der Waals surface area contributed by atoms with Gasteiger partial charge in [-0.2, -0.15) is 13.2 Å². The molecule has 1 saturated carbocycles. The van der Waals surface area contributed by atoms with E-state index in [2.05, 4.69) is 6.92 Å². The van der Waals surface area contributed by atoms with Gasteiger partial charge in [-0.3, -0.25) is 4.79 Å². The molecule has 5 heteroatoms. The van der Waals surface area contributed by atoms with Gasteiger partial charge < -0.3 is 5.11 Å². The van der Waals surface area contributed by atoms with E-state index in [1.165, 1.54) is 12.1 Å². The van der Waals surface area contributed by atoms with Crippen molar-refractivity contribution in [1.29, 1.82) is 0 Å². The van der Waals surface area contributed by atoms with Gasteiger partial charge in [0.1, 0.15) is 5.60 Å². The molecule has 1 fully saturated rings. The third-order valence-electron chi connectivity index (χ3n) is 4.27. The van der Waals surface area contributed by atoms with Crippen molar-refractivity contribution in [1.82, 2.24) is 0 Å². The van der Waals surface area contributed by atoms with Crippen molar-refractivity contribution >= 4 is 5.78 Å². The van der Waals surface area contributed by atoms with E-state index in [1.54, 1.807) is 0 Å². The van der Waals surface area contributed by atoms with Crippen LogP contribution in [0.15, 0.2) is 24.3 Å². The van der Waals surface area contributed by atoms with E-state index in [4.69, 9.17) is 0 Å². The van der Waals surface area contributed by atoms with Gasteiger partial charge in [0.15, 0.2) is 5.78 Å². The summed E-state index contributed by atoms with van der Waals surface area (Å²) in [5.41, 5.74) is -1.54. The average molecular weight is 300 g/mol. The second kappa shape index (κ2) is 5.79. The quantitative estimate of drug-likeness (QED) is 0.923. The molecular formula is C16H19F3O2. The number of benzene rings is 1. The zero-order chi connectivity index (χ0) is 15.7. The van der Waals surface area contributed by atoms with Crippen molar-refractivity contribution in [2.24, 2.45) is 5.92 Å². The van der Waals surface area contributed by atoms with Crippen molar-refractivity contribution in [3.8, 4) is 0 Å². The van der Waals surface area contributed by atoms with E-state index < -0.39 is 17.3 Å². The summed E-state index contributed by atoms with van der Waals surface area (Å²) in [7, 11) is 0. The Morgan fingerprint density at radius 2 is 1.76 bits per heavy atom. The molecule has 116 valence electrons. The summed E-state index contributed by atoms with van der Waals surface area (Å²) in [6.45, 7) is 2.08. The molecule has 0 amide bonds. The lowest BCUT2D eigenvalue weighted by atomic mass is 9.76. The number of halogens is 3. The fraction of sp³-hybridized carbons (Fsp3) is 0.562. The molecule has 1 N–H and O–H groups in total. The zero-order valence-corrected chi connectivity index (χ0v) is 11.9. The first-order valence-corrected chi connectivity index (χ1v) is 7.12. The van der Waals surface area contributed by atoms with Crippen LogP contribution < -0.4 is 0 Å². The number of rotatable bonds is 3. The number of carbonyl (C=O) groups excluding carboxylic acids is 1. The summed E-state index contributed by atoms with van der Waals surface area (Å²) in [6.07, 6.45) is -1.92. The van der Waals surface area contributed by atoms with Gasteiger partial charge in [-0.25, -0.2) is 0 Å². The molecule has 0 spiro atoms. The van der Waals surface area contributed by atoms with Crippen LogP contribution in [0.4, 0.5) is 13.2 Å². The Kier molecular flexibility index (Phi) is 4.42. The Balaban J connectivity index is 2.03. The number of ketones is 1. The molecule has 0 atom stereocenters. The maximum atomic E-state index is 12.5. The number of Topliss-reactive ketones (excluding diaryl/α,β-unsaturated/α-hetero) is 1. The van der Waals surface area contributed by atoms with Gasteiger partial charge in [-0.05, 0) is 49.3 Å². The van der Waals surface area contributed by atoms with Gasteiger partial charge >= 0.3 is 6.18 Å². The smallest absolute Gasteiger partial charge is 0.382 e. The second-order valence-corrected chi connectivity index (χ2v) is 6.01. The highest BCUT2D eigenvalue weighted by molar-refractivity contribution is 5.89. The fourth-order valence-corrected chi connectivity index (χ4v) is 2.68. The molecule has 0 radical (unpaired) electrons. The molecule has 1 aromatic carbocycles. The topological polar surface area (TPSA) is 37.3 Å². The Bertz CT molecular complexity index is 497. The van der Waals surface area contributed by atoms with Crippen LogP contribution in [-0.4, -0.2) is 16.5 Å². The molecule has 0 unspecified atom stereocenters. The lowest BCUT2D eigenvalue weighted by molar-refractivity contribution is -0.140. The highest BCUT2D eigenvalue weighted by Gasteiger charge is 2.38. The minimum absolute atomic E-state index is 0.0248. The standard InChI is InChI=1S/C16H19F3O2/c1-11-6-8-15(21,9-7-11)14(20)10-12-2-4-13(5-3-12)16(17,18)19/h2-5,11,21H,6-10H2,1H3. The molecule has 1 aromatic rings. The molecule has 21 heavy (non-hydrogen) atoms. The predicted octanol–water partition coefficient (Wildman–Crippen LogP) is 3.76. The number of alkyl halides is 3. The molecule has 0 heterocycles. The van der Waals surface area contributed by atoms with Crippen molar-refractivity contribution < 1.29 is 23.1 Å². The summed E-state index contributed by atoms with van der Waals surface area (Å²) in [6, 6.07) is 4.54. The molecule has 0 saturated heterocycles. The summed E-state index contributed by atoms with van der Waals surface area (Å²) in [5, 5.41) is 10.4. The summed E-state index contributed by atoms with van der Waals surface area (Å²) >= 11 is 0. The number of aliphatic hydroxyl groups is 1. The minimum atomic E-state index is -4.37.